The molecule has 0 saturated carbocycles. The summed E-state index contributed by atoms with van der Waals surface area (Å²) < 4.78 is 42.6. The zero-order valence-electron chi connectivity index (χ0n) is 10.6. The Morgan fingerprint density at radius 2 is 1.81 bits per heavy atom. The lowest BCUT2D eigenvalue weighted by Gasteiger charge is -2.10. The highest BCUT2D eigenvalue weighted by Gasteiger charge is 2.30. The molecule has 0 fully saturated rings. The Hall–Kier alpha value is -1.99. The van der Waals surface area contributed by atoms with Gasteiger partial charge in [-0.25, -0.2) is 10.8 Å². The summed E-state index contributed by atoms with van der Waals surface area (Å²) in [4.78, 5) is 4.09. The zero-order chi connectivity index (χ0) is 15.5. The van der Waals surface area contributed by atoms with Crippen molar-refractivity contribution in [1.29, 1.82) is 0 Å². The lowest BCUT2D eigenvalue weighted by atomic mass is 10.2. The number of hydrogen-bond acceptors (Lipinski definition) is 4. The lowest BCUT2D eigenvalue weighted by Crippen LogP contribution is -2.10. The number of benzene rings is 1. The van der Waals surface area contributed by atoms with Gasteiger partial charge in [-0.3, -0.25) is 0 Å². The molecule has 0 aliphatic heterocycles. The van der Waals surface area contributed by atoms with E-state index < -0.39 is 11.7 Å². The summed E-state index contributed by atoms with van der Waals surface area (Å²) in [5.41, 5.74) is 2.05. The second-order valence-corrected chi connectivity index (χ2v) is 4.49. The van der Waals surface area contributed by atoms with Crippen LogP contribution in [-0.4, -0.2) is 4.98 Å². The summed E-state index contributed by atoms with van der Waals surface area (Å²) in [6.45, 7) is 0.0136. The Balaban J connectivity index is 2.06. The van der Waals surface area contributed by atoms with E-state index in [1.807, 2.05) is 0 Å². The number of aromatic nitrogens is 1. The van der Waals surface area contributed by atoms with Crippen LogP contribution in [0, 0.1) is 0 Å². The third-order valence-electron chi connectivity index (χ3n) is 2.62. The second kappa shape index (κ2) is 6.19. The van der Waals surface area contributed by atoms with Crippen LogP contribution < -0.4 is 16.0 Å². The number of pyridine rings is 1. The third kappa shape index (κ3) is 3.99. The molecule has 1 aromatic carbocycles. The largest absolute Gasteiger partial charge is 0.487 e. The van der Waals surface area contributed by atoms with Gasteiger partial charge in [-0.15, -0.1) is 0 Å². The van der Waals surface area contributed by atoms with Crippen LogP contribution in [0.1, 0.15) is 11.3 Å². The molecular formula is C13H11ClF3N3O. The lowest BCUT2D eigenvalue weighted by molar-refractivity contribution is -0.137. The van der Waals surface area contributed by atoms with Gasteiger partial charge in [-0.2, -0.15) is 13.2 Å². The minimum absolute atomic E-state index is 0.0136. The molecule has 0 atom stereocenters. The fraction of sp³-hybridized carbons (Fsp3) is 0.154. The molecule has 3 N–H and O–H groups in total. The quantitative estimate of drug-likeness (QED) is 0.668. The number of alkyl halides is 3. The van der Waals surface area contributed by atoms with Crippen molar-refractivity contribution in [2.24, 2.45) is 5.84 Å². The summed E-state index contributed by atoms with van der Waals surface area (Å²) in [6, 6.07) is 7.55. The number of ether oxygens (including phenoxy) is 1. The average molecular weight is 318 g/mol. The number of halogens is 4. The van der Waals surface area contributed by atoms with E-state index >= 15 is 0 Å². The van der Waals surface area contributed by atoms with Crippen molar-refractivity contribution in [3.05, 3.63) is 52.7 Å². The fourth-order valence-electron chi connectivity index (χ4n) is 1.56. The molecule has 0 bridgehead atoms. The monoisotopic (exact) mass is 317 g/mol. The van der Waals surface area contributed by atoms with Gasteiger partial charge < -0.3 is 10.2 Å². The maximum Gasteiger partial charge on any atom is 0.416 e. The highest BCUT2D eigenvalue weighted by Crippen LogP contribution is 2.30. The molecule has 0 aliphatic rings. The van der Waals surface area contributed by atoms with Crippen molar-refractivity contribution in [3.8, 4) is 5.75 Å². The van der Waals surface area contributed by atoms with E-state index in [0.717, 1.165) is 12.1 Å². The van der Waals surface area contributed by atoms with Gasteiger partial charge in [-0.1, -0.05) is 11.6 Å². The Morgan fingerprint density at radius 1 is 1.14 bits per heavy atom. The van der Waals surface area contributed by atoms with Crippen molar-refractivity contribution in [2.75, 3.05) is 5.43 Å². The molecule has 0 aliphatic carbocycles. The van der Waals surface area contributed by atoms with Gasteiger partial charge in [0.05, 0.1) is 16.3 Å². The summed E-state index contributed by atoms with van der Waals surface area (Å²) >= 11 is 5.94. The molecule has 21 heavy (non-hydrogen) atoms. The Bertz CT molecular complexity index is 617. The van der Waals surface area contributed by atoms with Gasteiger partial charge in [0.1, 0.15) is 18.2 Å². The number of anilines is 1. The van der Waals surface area contributed by atoms with Gasteiger partial charge >= 0.3 is 6.18 Å². The van der Waals surface area contributed by atoms with Crippen LogP contribution in [0.15, 0.2) is 36.4 Å². The zero-order valence-corrected chi connectivity index (χ0v) is 11.4. The second-order valence-electron chi connectivity index (χ2n) is 4.08. The third-order valence-corrected chi connectivity index (χ3v) is 2.97. The number of nitrogen functional groups attached to an aromatic ring is 1. The van der Waals surface area contributed by atoms with E-state index in [0.29, 0.717) is 16.5 Å². The Kier molecular flexibility index (Phi) is 4.54. The van der Waals surface area contributed by atoms with Crippen LogP contribution in [-0.2, 0) is 12.8 Å². The normalized spacial score (nSPS) is 11.3. The predicted molar refractivity (Wildman–Crippen MR) is 72.8 cm³/mol. The van der Waals surface area contributed by atoms with E-state index in [-0.39, 0.29) is 12.4 Å². The van der Waals surface area contributed by atoms with Gasteiger partial charge in [0, 0.05) is 0 Å². The number of hydrogen-bond donors (Lipinski definition) is 2. The first-order chi connectivity index (χ1) is 9.90. The topological polar surface area (TPSA) is 60.2 Å². The first-order valence-electron chi connectivity index (χ1n) is 5.82. The molecular weight excluding hydrogens is 307 g/mol. The molecule has 8 heteroatoms. The van der Waals surface area contributed by atoms with Gasteiger partial charge in [0.2, 0.25) is 0 Å². The maximum atomic E-state index is 12.4. The Labute approximate surface area is 123 Å². The van der Waals surface area contributed by atoms with Crippen molar-refractivity contribution < 1.29 is 17.9 Å². The molecule has 2 rings (SSSR count). The number of nitrogens with one attached hydrogen (secondary N) is 1. The molecule has 4 nitrogen and oxygen atoms in total. The van der Waals surface area contributed by atoms with Crippen molar-refractivity contribution in [3.63, 3.8) is 0 Å². The minimum atomic E-state index is -4.37. The molecule has 1 aromatic heterocycles. The van der Waals surface area contributed by atoms with Crippen LogP contribution in [0.3, 0.4) is 0 Å². The first kappa shape index (κ1) is 15.4. The molecule has 2 aromatic rings. The molecule has 0 spiro atoms. The first-order valence-corrected chi connectivity index (χ1v) is 6.20. The number of rotatable bonds is 4. The smallest absolute Gasteiger partial charge is 0.416 e. The van der Waals surface area contributed by atoms with E-state index in [4.69, 9.17) is 22.2 Å². The van der Waals surface area contributed by atoms with Crippen molar-refractivity contribution in [2.45, 2.75) is 12.8 Å². The molecule has 112 valence electrons. The predicted octanol–water partition coefficient (Wildman–Crippen LogP) is 3.62. The molecule has 1 heterocycles. The van der Waals surface area contributed by atoms with Crippen LogP contribution in [0.4, 0.5) is 19.0 Å². The highest BCUT2D eigenvalue weighted by molar-refractivity contribution is 6.31. The fourth-order valence-corrected chi connectivity index (χ4v) is 1.72. The number of nitrogens with two attached hydrogens (primary N) is 1. The number of nitrogens with zero attached hydrogens (tertiary/aromatic N) is 1. The van der Waals surface area contributed by atoms with Crippen LogP contribution in [0.2, 0.25) is 5.02 Å². The average Bonchev–Trinajstić information content (AvgIpc) is 2.46. The van der Waals surface area contributed by atoms with Crippen molar-refractivity contribution in [1.82, 2.24) is 4.98 Å². The van der Waals surface area contributed by atoms with E-state index in [1.165, 1.54) is 12.1 Å². The van der Waals surface area contributed by atoms with Crippen LogP contribution in [0.5, 0.6) is 5.75 Å². The van der Waals surface area contributed by atoms with Gasteiger partial charge in [-0.05, 0) is 36.4 Å². The molecule has 0 radical (unpaired) electrons. The van der Waals surface area contributed by atoms with E-state index in [2.05, 4.69) is 10.4 Å². The van der Waals surface area contributed by atoms with E-state index in [1.54, 1.807) is 12.1 Å². The van der Waals surface area contributed by atoms with Crippen LogP contribution >= 0.6 is 11.6 Å². The Morgan fingerprint density at radius 3 is 2.38 bits per heavy atom. The molecule has 0 amide bonds. The van der Waals surface area contributed by atoms with Gasteiger partial charge in [0.25, 0.3) is 0 Å². The summed E-state index contributed by atoms with van der Waals surface area (Å²) in [5.74, 6) is 5.92. The van der Waals surface area contributed by atoms with Gasteiger partial charge in [0.15, 0.2) is 0 Å². The highest BCUT2D eigenvalue weighted by atomic mass is 35.5. The summed E-state index contributed by atoms with van der Waals surface area (Å²) in [6.07, 6.45) is -4.37. The van der Waals surface area contributed by atoms with Crippen LogP contribution in [0.25, 0.3) is 0 Å². The maximum absolute atomic E-state index is 12.4. The van der Waals surface area contributed by atoms with E-state index in [9.17, 15) is 13.2 Å². The summed E-state index contributed by atoms with van der Waals surface area (Å²) in [7, 11) is 0. The SMILES string of the molecule is NNc1ccc(Cl)c(COc2ccc(C(F)(F)F)cc2)n1. The minimum Gasteiger partial charge on any atom is -0.487 e. The summed E-state index contributed by atoms with van der Waals surface area (Å²) in [5, 5.41) is 0.376. The molecule has 0 saturated heterocycles. The van der Waals surface area contributed by atoms with Crippen molar-refractivity contribution >= 4 is 17.4 Å². The standard InChI is InChI=1S/C13H11ClF3N3O/c14-10-5-6-12(20-18)19-11(10)7-21-9-3-1-8(2-4-9)13(15,16)17/h1-6H,7,18H2,(H,19,20). The molecule has 0 unspecified atom stereocenters. The number of hydrazine groups is 1.